The predicted octanol–water partition coefficient (Wildman–Crippen LogP) is 4.66. The van der Waals surface area contributed by atoms with E-state index in [-0.39, 0.29) is 23.8 Å². The van der Waals surface area contributed by atoms with E-state index in [0.29, 0.717) is 22.8 Å². The van der Waals surface area contributed by atoms with Crippen molar-refractivity contribution in [3.63, 3.8) is 0 Å². The molecule has 1 aliphatic rings. The van der Waals surface area contributed by atoms with Gasteiger partial charge in [-0.25, -0.2) is 4.79 Å². The van der Waals surface area contributed by atoms with E-state index in [1.165, 1.54) is 0 Å². The van der Waals surface area contributed by atoms with Crippen molar-refractivity contribution in [3.8, 4) is 29.1 Å². The molecule has 1 heterocycles. The molecule has 3 aromatic carbocycles. The first-order valence-electron chi connectivity index (χ1n) is 9.93. The van der Waals surface area contributed by atoms with Crippen LogP contribution in [0.1, 0.15) is 17.0 Å². The number of rotatable bonds is 6. The Labute approximate surface area is 199 Å². The number of esters is 1. The van der Waals surface area contributed by atoms with Gasteiger partial charge in [0.15, 0.2) is 6.61 Å². The maximum absolute atomic E-state index is 12.2. The topological polar surface area (TPSA) is 104 Å². The van der Waals surface area contributed by atoms with Gasteiger partial charge < -0.3 is 24.7 Å². The Morgan fingerprint density at radius 2 is 1.88 bits per heavy atom. The summed E-state index contributed by atoms with van der Waals surface area (Å²) < 4.78 is 22.9. The fourth-order valence-corrected chi connectivity index (χ4v) is 3.95. The lowest BCUT2D eigenvalue weighted by atomic mass is 9.83. The molecule has 8 heteroatoms. The van der Waals surface area contributed by atoms with Crippen molar-refractivity contribution < 1.29 is 23.7 Å². The molecule has 0 saturated heterocycles. The standard InChI is InChI=1S/C25H19BrN2O5/c1-30-21-10-7-15(26)11-19(21)24-18-9-8-17(12-22(18)33-25(28)20(24)13-27)32-23(29)14-31-16-5-3-2-4-6-16/h2-12,24H,14,28H2,1H3. The molecule has 2 N–H and O–H groups in total. The van der Waals surface area contributed by atoms with Crippen LogP contribution in [0.4, 0.5) is 0 Å². The molecule has 0 spiro atoms. The number of benzene rings is 3. The number of carbonyl (C=O) groups excluding carboxylic acids is 1. The van der Waals surface area contributed by atoms with Gasteiger partial charge in [-0.15, -0.1) is 0 Å². The summed E-state index contributed by atoms with van der Waals surface area (Å²) in [6.07, 6.45) is 0. The van der Waals surface area contributed by atoms with E-state index in [2.05, 4.69) is 22.0 Å². The van der Waals surface area contributed by atoms with E-state index in [1.807, 2.05) is 36.4 Å². The number of fused-ring (bicyclic) bond motifs is 1. The zero-order valence-electron chi connectivity index (χ0n) is 17.6. The Hall–Kier alpha value is -3.96. The van der Waals surface area contributed by atoms with Gasteiger partial charge in [-0.3, -0.25) is 0 Å². The van der Waals surface area contributed by atoms with Crippen molar-refractivity contribution in [2.24, 2.45) is 5.73 Å². The molecule has 3 aromatic rings. The molecule has 33 heavy (non-hydrogen) atoms. The van der Waals surface area contributed by atoms with Crippen molar-refractivity contribution in [1.82, 2.24) is 0 Å². The van der Waals surface area contributed by atoms with Crippen LogP contribution >= 0.6 is 15.9 Å². The van der Waals surface area contributed by atoms with Crippen LogP contribution in [-0.4, -0.2) is 19.7 Å². The normalized spacial score (nSPS) is 14.5. The fourth-order valence-electron chi connectivity index (χ4n) is 3.57. The van der Waals surface area contributed by atoms with Crippen LogP contribution in [0.25, 0.3) is 0 Å². The highest BCUT2D eigenvalue weighted by Gasteiger charge is 2.33. The highest BCUT2D eigenvalue weighted by Crippen LogP contribution is 2.46. The first-order valence-corrected chi connectivity index (χ1v) is 10.7. The van der Waals surface area contributed by atoms with Crippen LogP contribution in [0.5, 0.6) is 23.0 Å². The summed E-state index contributed by atoms with van der Waals surface area (Å²) in [7, 11) is 1.56. The molecule has 0 saturated carbocycles. The van der Waals surface area contributed by atoms with Gasteiger partial charge in [0.05, 0.1) is 13.0 Å². The number of nitriles is 1. The SMILES string of the molecule is COc1ccc(Br)cc1C1C(C#N)=C(N)Oc2cc(OC(=O)COc3ccccc3)ccc21. The van der Waals surface area contributed by atoms with Gasteiger partial charge >= 0.3 is 5.97 Å². The van der Waals surface area contributed by atoms with Crippen molar-refractivity contribution >= 4 is 21.9 Å². The van der Waals surface area contributed by atoms with Gasteiger partial charge in [-0.1, -0.05) is 40.2 Å². The van der Waals surface area contributed by atoms with Gasteiger partial charge in [-0.2, -0.15) is 5.26 Å². The molecule has 1 atom stereocenters. The van der Waals surface area contributed by atoms with Crippen LogP contribution in [0, 0.1) is 11.3 Å². The van der Waals surface area contributed by atoms with Crippen LogP contribution in [0.3, 0.4) is 0 Å². The van der Waals surface area contributed by atoms with Gasteiger partial charge in [0, 0.05) is 21.7 Å². The summed E-state index contributed by atoms with van der Waals surface area (Å²) in [5.41, 5.74) is 7.78. The second kappa shape index (κ2) is 9.67. The second-order valence-corrected chi connectivity index (χ2v) is 8.00. The molecule has 0 fully saturated rings. The Morgan fingerprint density at radius 3 is 2.61 bits per heavy atom. The summed E-state index contributed by atoms with van der Waals surface area (Å²) >= 11 is 3.47. The Bertz CT molecular complexity index is 1270. The van der Waals surface area contributed by atoms with E-state index in [1.54, 1.807) is 37.4 Å². The van der Waals surface area contributed by atoms with Crippen molar-refractivity contribution in [2.45, 2.75) is 5.92 Å². The highest BCUT2D eigenvalue weighted by molar-refractivity contribution is 9.10. The van der Waals surface area contributed by atoms with Gasteiger partial charge in [0.25, 0.3) is 0 Å². The number of carbonyl (C=O) groups is 1. The molecule has 1 aliphatic heterocycles. The summed E-state index contributed by atoms with van der Waals surface area (Å²) in [6.45, 7) is -0.250. The Balaban J connectivity index is 1.61. The Kier molecular flexibility index (Phi) is 6.52. The lowest BCUT2D eigenvalue weighted by molar-refractivity contribution is -0.136. The number of halogens is 1. The van der Waals surface area contributed by atoms with E-state index in [0.717, 1.165) is 10.0 Å². The van der Waals surface area contributed by atoms with Crippen LogP contribution in [0.2, 0.25) is 0 Å². The lowest BCUT2D eigenvalue weighted by Gasteiger charge is -2.27. The third-order valence-electron chi connectivity index (χ3n) is 5.02. The largest absolute Gasteiger partial charge is 0.496 e. The van der Waals surface area contributed by atoms with E-state index in [9.17, 15) is 10.1 Å². The Morgan fingerprint density at radius 1 is 1.09 bits per heavy atom. The third kappa shape index (κ3) is 4.78. The van der Waals surface area contributed by atoms with Crippen molar-refractivity contribution in [1.29, 1.82) is 5.26 Å². The average Bonchev–Trinajstić information content (AvgIpc) is 2.82. The monoisotopic (exact) mass is 506 g/mol. The van der Waals surface area contributed by atoms with Crippen LogP contribution < -0.4 is 24.7 Å². The smallest absolute Gasteiger partial charge is 0.349 e. The van der Waals surface area contributed by atoms with E-state index < -0.39 is 11.9 Å². The minimum atomic E-state index is -0.568. The van der Waals surface area contributed by atoms with Crippen LogP contribution in [0.15, 0.2) is 82.7 Å². The second-order valence-electron chi connectivity index (χ2n) is 7.09. The number of hydrogen-bond acceptors (Lipinski definition) is 7. The number of nitrogens with two attached hydrogens (primary N) is 1. The van der Waals surface area contributed by atoms with E-state index in [4.69, 9.17) is 24.7 Å². The molecule has 7 nitrogen and oxygen atoms in total. The summed E-state index contributed by atoms with van der Waals surface area (Å²) in [6, 6.07) is 21.6. The number of methoxy groups -OCH3 is 1. The molecule has 0 aliphatic carbocycles. The van der Waals surface area contributed by atoms with Crippen molar-refractivity contribution in [2.75, 3.05) is 13.7 Å². The number of hydrogen-bond donors (Lipinski definition) is 1. The average molecular weight is 507 g/mol. The first kappa shape index (κ1) is 22.2. The predicted molar refractivity (Wildman–Crippen MR) is 124 cm³/mol. The summed E-state index contributed by atoms with van der Waals surface area (Å²) in [5.74, 6) is 0.712. The number of para-hydroxylation sites is 1. The maximum atomic E-state index is 12.2. The molecular weight excluding hydrogens is 488 g/mol. The summed E-state index contributed by atoms with van der Waals surface area (Å²) in [5, 5.41) is 9.77. The molecule has 1 unspecified atom stereocenters. The fraction of sp³-hybridized carbons (Fsp3) is 0.120. The molecule has 0 radical (unpaired) electrons. The maximum Gasteiger partial charge on any atom is 0.349 e. The quantitative estimate of drug-likeness (QED) is 0.382. The first-order chi connectivity index (χ1) is 16.0. The summed E-state index contributed by atoms with van der Waals surface area (Å²) in [4.78, 5) is 12.2. The number of allylic oxidation sites excluding steroid dienone is 1. The van der Waals surface area contributed by atoms with Gasteiger partial charge in [0.2, 0.25) is 5.88 Å². The molecule has 0 aromatic heterocycles. The molecule has 4 rings (SSSR count). The lowest BCUT2D eigenvalue weighted by Crippen LogP contribution is -2.22. The highest BCUT2D eigenvalue weighted by atomic mass is 79.9. The molecular formula is C25H19BrN2O5. The third-order valence-corrected chi connectivity index (χ3v) is 5.52. The van der Waals surface area contributed by atoms with Gasteiger partial charge in [-0.05, 0) is 36.4 Å². The van der Waals surface area contributed by atoms with E-state index >= 15 is 0 Å². The van der Waals surface area contributed by atoms with Crippen LogP contribution in [-0.2, 0) is 4.79 Å². The molecule has 166 valence electrons. The van der Waals surface area contributed by atoms with Gasteiger partial charge in [0.1, 0.15) is 34.6 Å². The molecule has 0 bridgehead atoms. The zero-order valence-corrected chi connectivity index (χ0v) is 19.2. The minimum Gasteiger partial charge on any atom is -0.496 e. The minimum absolute atomic E-state index is 0.0204. The van der Waals surface area contributed by atoms with Crippen molar-refractivity contribution in [3.05, 3.63) is 93.8 Å². The zero-order chi connectivity index (χ0) is 23.4. The number of nitrogens with zero attached hydrogens (tertiary/aromatic N) is 1. The number of ether oxygens (including phenoxy) is 4. The molecule has 0 amide bonds.